The molecule has 178 valence electrons. The molecule has 1 aromatic carbocycles. The van der Waals surface area contributed by atoms with Crippen molar-refractivity contribution in [1.29, 1.82) is 0 Å². The van der Waals surface area contributed by atoms with Gasteiger partial charge >= 0.3 is 12.0 Å². The van der Waals surface area contributed by atoms with Crippen molar-refractivity contribution >= 4 is 17.7 Å². The number of rotatable bonds is 16. The summed E-state index contributed by atoms with van der Waals surface area (Å²) in [7, 11) is 0. The molecule has 2 rings (SSSR count). The molecule has 2 amide bonds. The second kappa shape index (κ2) is 15.5. The summed E-state index contributed by atoms with van der Waals surface area (Å²) < 4.78 is 5.48. The number of para-hydroxylation sites is 1. The maximum Gasteiger partial charge on any atom is 0.327 e. The Balaban J connectivity index is 1.76. The normalized spacial score (nSPS) is 11.0. The molecule has 32 heavy (non-hydrogen) atoms. The molecule has 1 aromatic heterocycles. The largest absolute Gasteiger partial charge is 0.432 e. The van der Waals surface area contributed by atoms with Gasteiger partial charge in [-0.25, -0.2) is 4.79 Å². The predicted molar refractivity (Wildman–Crippen MR) is 135 cm³/mol. The van der Waals surface area contributed by atoms with Gasteiger partial charge in [-0.3, -0.25) is 5.32 Å². The van der Waals surface area contributed by atoms with Crippen LogP contribution in [0.5, 0.6) is 0 Å². The van der Waals surface area contributed by atoms with Gasteiger partial charge in [0.05, 0.1) is 5.69 Å². The molecule has 2 aromatic rings. The maximum absolute atomic E-state index is 12.6. The SMILES string of the molecule is CCCCCCCCCCCc1coc(NC(=O)Nc2c(CCC)cccc2CCC)n1. The van der Waals surface area contributed by atoms with Crippen LogP contribution < -0.4 is 10.6 Å². The summed E-state index contributed by atoms with van der Waals surface area (Å²) in [5.41, 5.74) is 4.18. The molecular formula is C27H43N3O2. The minimum absolute atomic E-state index is 0.262. The van der Waals surface area contributed by atoms with Crippen molar-refractivity contribution in [3.63, 3.8) is 0 Å². The van der Waals surface area contributed by atoms with Gasteiger partial charge in [-0.2, -0.15) is 4.98 Å². The van der Waals surface area contributed by atoms with Crippen LogP contribution in [0.15, 0.2) is 28.9 Å². The third-order valence-corrected chi connectivity index (χ3v) is 5.82. The van der Waals surface area contributed by atoms with E-state index in [9.17, 15) is 4.79 Å². The van der Waals surface area contributed by atoms with Crippen molar-refractivity contribution < 1.29 is 9.21 Å². The number of hydrogen-bond donors (Lipinski definition) is 2. The Hall–Kier alpha value is -2.30. The molecule has 0 unspecified atom stereocenters. The monoisotopic (exact) mass is 441 g/mol. The van der Waals surface area contributed by atoms with Crippen LogP contribution in [0.2, 0.25) is 0 Å². The molecule has 5 heteroatoms. The fourth-order valence-corrected chi connectivity index (χ4v) is 4.11. The van der Waals surface area contributed by atoms with Gasteiger partial charge in [-0.05, 0) is 36.8 Å². The molecule has 0 spiro atoms. The van der Waals surface area contributed by atoms with Crippen molar-refractivity contribution in [2.24, 2.45) is 0 Å². The lowest BCUT2D eigenvalue weighted by molar-refractivity contribution is 0.261. The van der Waals surface area contributed by atoms with Gasteiger partial charge in [0.15, 0.2) is 0 Å². The number of carbonyl (C=O) groups excluding carboxylic acids is 1. The highest BCUT2D eigenvalue weighted by molar-refractivity contribution is 5.99. The minimum atomic E-state index is -0.303. The molecule has 0 fully saturated rings. The standard InChI is InChI=1S/C27H43N3O2/c1-4-7-8-9-10-11-12-13-14-20-24-21-32-27(28-24)30-26(31)29-25-22(16-5-2)18-15-19-23(25)17-6-3/h15,18-19,21H,4-14,16-17,20H2,1-3H3,(H2,28,29,30,31). The Morgan fingerprint density at radius 1 is 0.781 bits per heavy atom. The summed E-state index contributed by atoms with van der Waals surface area (Å²) in [5.74, 6) is 0. The van der Waals surface area contributed by atoms with Crippen LogP contribution in [0.25, 0.3) is 0 Å². The van der Waals surface area contributed by atoms with Crippen LogP contribution in [0.4, 0.5) is 16.5 Å². The molecule has 1 heterocycles. The zero-order chi connectivity index (χ0) is 23.0. The average molecular weight is 442 g/mol. The highest BCUT2D eigenvalue weighted by atomic mass is 16.4. The van der Waals surface area contributed by atoms with Gasteiger partial charge in [-0.1, -0.05) is 103 Å². The van der Waals surface area contributed by atoms with E-state index in [-0.39, 0.29) is 12.0 Å². The quantitative estimate of drug-likeness (QED) is 0.257. The van der Waals surface area contributed by atoms with Gasteiger partial charge in [-0.15, -0.1) is 0 Å². The summed E-state index contributed by atoms with van der Waals surface area (Å²) in [4.78, 5) is 17.0. The Bertz CT molecular complexity index is 761. The summed E-state index contributed by atoms with van der Waals surface area (Å²) in [6.07, 6.45) is 18.2. The summed E-state index contributed by atoms with van der Waals surface area (Å²) in [6, 6.07) is 6.21. The molecule has 0 saturated heterocycles. The van der Waals surface area contributed by atoms with E-state index in [2.05, 4.69) is 54.6 Å². The molecule has 0 atom stereocenters. The molecule has 0 aliphatic rings. The van der Waals surface area contributed by atoms with Crippen molar-refractivity contribution in [3.8, 4) is 0 Å². The number of nitrogens with zero attached hydrogens (tertiary/aromatic N) is 1. The van der Waals surface area contributed by atoms with Crippen LogP contribution in [0, 0.1) is 0 Å². The van der Waals surface area contributed by atoms with Crippen LogP contribution in [0.3, 0.4) is 0 Å². The first-order chi connectivity index (χ1) is 15.7. The molecular weight excluding hydrogens is 398 g/mol. The molecule has 0 saturated carbocycles. The molecule has 2 N–H and O–H groups in total. The minimum Gasteiger partial charge on any atom is -0.432 e. The first kappa shape index (κ1) is 26.0. The van der Waals surface area contributed by atoms with Gasteiger partial charge < -0.3 is 9.73 Å². The highest BCUT2D eigenvalue weighted by Crippen LogP contribution is 2.24. The lowest BCUT2D eigenvalue weighted by Gasteiger charge is -2.15. The molecule has 0 aliphatic carbocycles. The van der Waals surface area contributed by atoms with E-state index >= 15 is 0 Å². The van der Waals surface area contributed by atoms with E-state index in [1.165, 1.54) is 62.5 Å². The number of urea groups is 1. The lowest BCUT2D eigenvalue weighted by atomic mass is 10.0. The van der Waals surface area contributed by atoms with Gasteiger partial charge in [0.1, 0.15) is 6.26 Å². The number of benzene rings is 1. The van der Waals surface area contributed by atoms with Crippen LogP contribution in [-0.4, -0.2) is 11.0 Å². The Labute approximate surface area is 194 Å². The predicted octanol–water partition coefficient (Wildman–Crippen LogP) is 8.30. The molecule has 0 bridgehead atoms. The first-order valence-corrected chi connectivity index (χ1v) is 12.8. The van der Waals surface area contributed by atoms with E-state index < -0.39 is 0 Å². The second-order valence-electron chi connectivity index (χ2n) is 8.75. The van der Waals surface area contributed by atoms with E-state index in [0.29, 0.717) is 0 Å². The first-order valence-electron chi connectivity index (χ1n) is 12.8. The third-order valence-electron chi connectivity index (χ3n) is 5.82. The zero-order valence-corrected chi connectivity index (χ0v) is 20.5. The summed E-state index contributed by atoms with van der Waals surface area (Å²) >= 11 is 0. The second-order valence-corrected chi connectivity index (χ2v) is 8.75. The number of amides is 2. The lowest BCUT2D eigenvalue weighted by Crippen LogP contribution is -2.21. The fraction of sp³-hybridized carbons (Fsp3) is 0.630. The van der Waals surface area contributed by atoms with Crippen molar-refractivity contribution in [1.82, 2.24) is 4.98 Å². The van der Waals surface area contributed by atoms with Crippen molar-refractivity contribution in [3.05, 3.63) is 41.3 Å². The number of aryl methyl sites for hydroxylation is 3. The number of hydrogen-bond acceptors (Lipinski definition) is 3. The topological polar surface area (TPSA) is 67.2 Å². The summed E-state index contributed by atoms with van der Waals surface area (Å²) in [6.45, 7) is 6.56. The Morgan fingerprint density at radius 2 is 1.38 bits per heavy atom. The zero-order valence-electron chi connectivity index (χ0n) is 20.5. The van der Waals surface area contributed by atoms with E-state index in [1.54, 1.807) is 6.26 Å². The number of carbonyl (C=O) groups is 1. The number of anilines is 2. The van der Waals surface area contributed by atoms with E-state index in [0.717, 1.165) is 49.9 Å². The maximum atomic E-state index is 12.6. The van der Waals surface area contributed by atoms with Crippen molar-refractivity contribution in [2.75, 3.05) is 10.6 Å². The molecule has 0 radical (unpaired) electrons. The average Bonchev–Trinajstić information content (AvgIpc) is 3.22. The van der Waals surface area contributed by atoms with Gasteiger partial charge in [0, 0.05) is 5.69 Å². The van der Waals surface area contributed by atoms with E-state index in [1.807, 2.05) is 0 Å². The Kier molecular flexibility index (Phi) is 12.6. The Morgan fingerprint density at radius 3 is 1.97 bits per heavy atom. The van der Waals surface area contributed by atoms with Crippen LogP contribution in [-0.2, 0) is 19.3 Å². The van der Waals surface area contributed by atoms with Crippen molar-refractivity contribution in [2.45, 2.75) is 111 Å². The van der Waals surface area contributed by atoms with Crippen LogP contribution >= 0.6 is 0 Å². The number of aromatic nitrogens is 1. The fourth-order valence-electron chi connectivity index (χ4n) is 4.11. The molecule has 5 nitrogen and oxygen atoms in total. The van der Waals surface area contributed by atoms with Gasteiger partial charge in [0.2, 0.25) is 0 Å². The highest BCUT2D eigenvalue weighted by Gasteiger charge is 2.13. The number of unbranched alkanes of at least 4 members (excludes halogenated alkanes) is 8. The molecule has 0 aliphatic heterocycles. The van der Waals surface area contributed by atoms with E-state index in [4.69, 9.17) is 4.42 Å². The summed E-state index contributed by atoms with van der Waals surface area (Å²) in [5, 5.41) is 5.80. The number of oxazole rings is 1. The smallest absolute Gasteiger partial charge is 0.327 e. The third kappa shape index (κ3) is 9.46. The van der Waals surface area contributed by atoms with Crippen LogP contribution in [0.1, 0.15) is 108 Å². The number of nitrogens with one attached hydrogen (secondary N) is 2. The van der Waals surface area contributed by atoms with Gasteiger partial charge in [0.25, 0.3) is 0 Å².